The Morgan fingerprint density at radius 1 is 1.24 bits per heavy atom. The normalized spacial score (nSPS) is 20.1. The van der Waals surface area contributed by atoms with Crippen molar-refractivity contribution in [1.82, 2.24) is 15.3 Å². The Hall–Kier alpha value is -1.36. The lowest BCUT2D eigenvalue weighted by Gasteiger charge is -2.25. The van der Waals surface area contributed by atoms with Gasteiger partial charge in [-0.2, -0.15) is 5.10 Å². The Bertz CT molecular complexity index is 421. The lowest BCUT2D eigenvalue weighted by Crippen LogP contribution is -2.36. The van der Waals surface area contributed by atoms with Crippen LogP contribution < -0.4 is 0 Å². The topological polar surface area (TPSA) is 58.2 Å². The van der Waals surface area contributed by atoms with Gasteiger partial charge in [-0.1, -0.05) is 0 Å². The van der Waals surface area contributed by atoms with Crippen LogP contribution in [0, 0.1) is 0 Å². The van der Waals surface area contributed by atoms with E-state index in [-0.39, 0.29) is 5.91 Å². The fourth-order valence-corrected chi connectivity index (χ4v) is 2.53. The number of hydrogen-bond acceptors (Lipinski definition) is 3. The van der Waals surface area contributed by atoms with Crippen LogP contribution in [0.25, 0.3) is 0 Å². The molecule has 5 nitrogen and oxygen atoms in total. The van der Waals surface area contributed by atoms with Crippen molar-refractivity contribution in [3.8, 4) is 0 Å². The summed E-state index contributed by atoms with van der Waals surface area (Å²) in [5, 5.41) is 8.64. The first kappa shape index (κ1) is 10.8. The third-order valence-electron chi connectivity index (χ3n) is 3.49. The van der Waals surface area contributed by atoms with Gasteiger partial charge in [0.1, 0.15) is 0 Å². The van der Waals surface area contributed by atoms with E-state index < -0.39 is 0 Å². The molecule has 1 aliphatic heterocycles. The van der Waals surface area contributed by atoms with Gasteiger partial charge in [-0.05, 0) is 38.5 Å². The number of amides is 1. The molecule has 3 rings (SSSR count). The van der Waals surface area contributed by atoms with Gasteiger partial charge in [0, 0.05) is 17.8 Å². The molecule has 5 heteroatoms. The molecule has 0 atom stereocenters. The number of aromatic amines is 1. The van der Waals surface area contributed by atoms with Crippen LogP contribution in [-0.2, 0) is 17.7 Å². The van der Waals surface area contributed by atoms with Crippen molar-refractivity contribution in [3.63, 3.8) is 0 Å². The van der Waals surface area contributed by atoms with Crippen LogP contribution in [0.2, 0.25) is 0 Å². The Morgan fingerprint density at radius 2 is 2.12 bits per heavy atom. The van der Waals surface area contributed by atoms with E-state index in [1.165, 1.54) is 11.5 Å². The van der Waals surface area contributed by atoms with Crippen molar-refractivity contribution < 1.29 is 9.63 Å². The average Bonchev–Trinajstić information content (AvgIpc) is 2.83. The van der Waals surface area contributed by atoms with Crippen molar-refractivity contribution in [1.29, 1.82) is 0 Å². The van der Waals surface area contributed by atoms with Crippen LogP contribution in [-0.4, -0.2) is 34.3 Å². The van der Waals surface area contributed by atoms with Crippen LogP contribution in [0.3, 0.4) is 0 Å². The maximum absolute atomic E-state index is 12.3. The van der Waals surface area contributed by atoms with Gasteiger partial charge in [0.25, 0.3) is 5.91 Å². The van der Waals surface area contributed by atoms with Crippen molar-refractivity contribution in [2.24, 2.45) is 0 Å². The smallest absolute Gasteiger partial charge is 0.281 e. The average molecular weight is 235 g/mol. The molecular formula is C12H17N3O2. The second-order valence-corrected chi connectivity index (χ2v) is 4.68. The first-order valence-corrected chi connectivity index (χ1v) is 6.37. The van der Waals surface area contributed by atoms with Gasteiger partial charge < -0.3 is 0 Å². The summed E-state index contributed by atoms with van der Waals surface area (Å²) in [6.45, 7) is 1.32. The van der Waals surface area contributed by atoms with Crippen LogP contribution in [0.5, 0.6) is 0 Å². The number of rotatable bonds is 1. The standard InChI is InChI=1S/C12H17N3O2/c16-12(15-7-3-4-8-17-15)11-9-5-1-2-6-10(9)13-14-11/h1-8H2,(H,13,14). The number of fused-ring (bicyclic) bond motifs is 1. The number of hydrogen-bond donors (Lipinski definition) is 1. The van der Waals surface area contributed by atoms with Crippen LogP contribution >= 0.6 is 0 Å². The molecule has 1 aromatic rings. The number of carbonyl (C=O) groups is 1. The molecule has 92 valence electrons. The molecule has 2 aliphatic rings. The summed E-state index contributed by atoms with van der Waals surface area (Å²) in [5.74, 6) is -0.0795. The highest BCUT2D eigenvalue weighted by molar-refractivity contribution is 5.93. The molecule has 1 amide bonds. The lowest BCUT2D eigenvalue weighted by molar-refractivity contribution is -0.144. The quantitative estimate of drug-likeness (QED) is 0.801. The number of aryl methyl sites for hydroxylation is 1. The molecule has 1 fully saturated rings. The molecule has 0 radical (unpaired) electrons. The van der Waals surface area contributed by atoms with Gasteiger partial charge in [0.15, 0.2) is 5.69 Å². The SMILES string of the molecule is O=C(c1n[nH]c2c1CCCC2)N1CCCCO1. The molecule has 2 heterocycles. The second kappa shape index (κ2) is 4.49. The third-order valence-corrected chi connectivity index (χ3v) is 3.49. The van der Waals surface area contributed by atoms with E-state index in [2.05, 4.69) is 10.2 Å². The highest BCUT2D eigenvalue weighted by Crippen LogP contribution is 2.23. The largest absolute Gasteiger partial charge is 0.298 e. The summed E-state index contributed by atoms with van der Waals surface area (Å²) in [6.07, 6.45) is 6.34. The Morgan fingerprint density at radius 3 is 2.94 bits per heavy atom. The molecule has 0 saturated carbocycles. The summed E-state index contributed by atoms with van der Waals surface area (Å²) in [6, 6.07) is 0. The Labute approximate surface area is 100 Å². The van der Waals surface area contributed by atoms with Gasteiger partial charge in [-0.25, -0.2) is 5.06 Å². The van der Waals surface area contributed by atoms with Crippen LogP contribution in [0.4, 0.5) is 0 Å². The fraction of sp³-hybridized carbons (Fsp3) is 0.667. The Kier molecular flexibility index (Phi) is 2.84. The number of hydroxylamine groups is 2. The van der Waals surface area contributed by atoms with Crippen molar-refractivity contribution in [2.75, 3.05) is 13.2 Å². The van der Waals surface area contributed by atoms with Crippen molar-refractivity contribution in [3.05, 3.63) is 17.0 Å². The summed E-state index contributed by atoms with van der Waals surface area (Å²) >= 11 is 0. The minimum absolute atomic E-state index is 0.0795. The fourth-order valence-electron chi connectivity index (χ4n) is 2.53. The molecule has 1 aromatic heterocycles. The van der Waals surface area contributed by atoms with E-state index in [0.717, 1.165) is 43.4 Å². The minimum Gasteiger partial charge on any atom is -0.281 e. The third kappa shape index (κ3) is 1.95. The first-order chi connectivity index (χ1) is 8.36. The van der Waals surface area contributed by atoms with E-state index in [4.69, 9.17) is 4.84 Å². The number of H-pyrrole nitrogens is 1. The van der Waals surface area contributed by atoms with Gasteiger partial charge in [-0.15, -0.1) is 0 Å². The molecule has 1 saturated heterocycles. The van der Waals surface area contributed by atoms with Gasteiger partial charge in [0.2, 0.25) is 0 Å². The number of aromatic nitrogens is 2. The van der Waals surface area contributed by atoms with Crippen LogP contribution in [0.15, 0.2) is 0 Å². The minimum atomic E-state index is -0.0795. The predicted molar refractivity (Wildman–Crippen MR) is 61.5 cm³/mol. The second-order valence-electron chi connectivity index (χ2n) is 4.68. The van der Waals surface area contributed by atoms with Gasteiger partial charge >= 0.3 is 0 Å². The maximum Gasteiger partial charge on any atom is 0.298 e. The van der Waals surface area contributed by atoms with Crippen LogP contribution in [0.1, 0.15) is 47.4 Å². The predicted octanol–water partition coefficient (Wildman–Crippen LogP) is 1.46. The lowest BCUT2D eigenvalue weighted by atomic mass is 9.96. The van der Waals surface area contributed by atoms with E-state index in [9.17, 15) is 4.79 Å². The van der Waals surface area contributed by atoms with Gasteiger partial charge in [-0.3, -0.25) is 14.7 Å². The highest BCUT2D eigenvalue weighted by atomic mass is 16.7. The zero-order valence-corrected chi connectivity index (χ0v) is 9.87. The zero-order chi connectivity index (χ0) is 11.7. The molecule has 0 unspecified atom stereocenters. The number of nitrogens with zero attached hydrogens (tertiary/aromatic N) is 2. The summed E-state index contributed by atoms with van der Waals surface area (Å²) in [7, 11) is 0. The molecule has 0 spiro atoms. The zero-order valence-electron chi connectivity index (χ0n) is 9.87. The Balaban J connectivity index is 1.83. The summed E-state index contributed by atoms with van der Waals surface area (Å²) in [5.41, 5.74) is 2.81. The van der Waals surface area contributed by atoms with Crippen molar-refractivity contribution >= 4 is 5.91 Å². The maximum atomic E-state index is 12.3. The molecule has 1 aliphatic carbocycles. The monoisotopic (exact) mass is 235 g/mol. The first-order valence-electron chi connectivity index (χ1n) is 6.37. The van der Waals surface area contributed by atoms with Gasteiger partial charge in [0.05, 0.1) is 6.61 Å². The number of nitrogens with one attached hydrogen (secondary N) is 1. The van der Waals surface area contributed by atoms with E-state index in [0.29, 0.717) is 18.8 Å². The summed E-state index contributed by atoms with van der Waals surface area (Å²) in [4.78, 5) is 17.6. The van der Waals surface area contributed by atoms with E-state index in [1.807, 2.05) is 0 Å². The molecule has 0 bridgehead atoms. The van der Waals surface area contributed by atoms with Crippen molar-refractivity contribution in [2.45, 2.75) is 38.5 Å². The highest BCUT2D eigenvalue weighted by Gasteiger charge is 2.27. The number of carbonyl (C=O) groups excluding carboxylic acids is 1. The molecular weight excluding hydrogens is 218 g/mol. The van der Waals surface area contributed by atoms with E-state index >= 15 is 0 Å². The molecule has 1 N–H and O–H groups in total. The molecule has 17 heavy (non-hydrogen) atoms. The van der Waals surface area contributed by atoms with E-state index in [1.54, 1.807) is 0 Å². The molecule has 0 aromatic carbocycles. The summed E-state index contributed by atoms with van der Waals surface area (Å²) < 4.78 is 0.